The first-order valence-electron chi connectivity index (χ1n) is 6.37. The van der Waals surface area contributed by atoms with Crippen molar-refractivity contribution in [2.45, 2.75) is 38.7 Å². The zero-order valence-electron chi connectivity index (χ0n) is 10.1. The van der Waals surface area contributed by atoms with Crippen LogP contribution in [0.5, 0.6) is 0 Å². The molecule has 0 aliphatic heterocycles. The molecule has 94 valence electrons. The van der Waals surface area contributed by atoms with Gasteiger partial charge in [0.15, 0.2) is 0 Å². The maximum atomic E-state index is 5.93. The molecule has 1 aliphatic carbocycles. The van der Waals surface area contributed by atoms with Crippen LogP contribution in [0.15, 0.2) is 22.7 Å². The normalized spacial score (nSPS) is 17.2. The van der Waals surface area contributed by atoms with Gasteiger partial charge in [-0.1, -0.05) is 41.3 Å². The smallest absolute Gasteiger partial charge is 0.0737 e. The Morgan fingerprint density at radius 1 is 1.24 bits per heavy atom. The molecule has 0 heterocycles. The number of nitrogens with two attached hydrogens (primary N) is 1. The molecule has 0 bridgehead atoms. The van der Waals surface area contributed by atoms with Crippen LogP contribution in [0.4, 0.5) is 5.69 Å². The third-order valence-electron chi connectivity index (χ3n) is 3.44. The second-order valence-electron chi connectivity index (χ2n) is 4.86. The Bertz CT molecular complexity index is 361. The second-order valence-corrected chi connectivity index (χ2v) is 5.78. The van der Waals surface area contributed by atoms with Gasteiger partial charge < -0.3 is 10.5 Å². The standard InChI is InChI=1S/C14H20BrNO/c15-13-7-6-12(14(16)8-13)10-17-9-11-4-2-1-3-5-11/h6-8,11H,1-5,9-10,16H2. The zero-order valence-corrected chi connectivity index (χ0v) is 11.7. The average molecular weight is 298 g/mol. The lowest BCUT2D eigenvalue weighted by atomic mass is 9.90. The van der Waals surface area contributed by atoms with Crippen LogP contribution in [0.25, 0.3) is 0 Å². The van der Waals surface area contributed by atoms with Gasteiger partial charge in [-0.2, -0.15) is 0 Å². The fourth-order valence-corrected chi connectivity index (χ4v) is 2.77. The number of halogens is 1. The zero-order chi connectivity index (χ0) is 12.1. The minimum absolute atomic E-state index is 0.635. The van der Waals surface area contributed by atoms with Crippen molar-refractivity contribution in [1.29, 1.82) is 0 Å². The molecule has 0 amide bonds. The van der Waals surface area contributed by atoms with Crippen molar-refractivity contribution in [2.24, 2.45) is 5.92 Å². The predicted molar refractivity (Wildman–Crippen MR) is 74.8 cm³/mol. The Morgan fingerprint density at radius 2 is 2.00 bits per heavy atom. The monoisotopic (exact) mass is 297 g/mol. The maximum Gasteiger partial charge on any atom is 0.0737 e. The molecule has 0 spiro atoms. The quantitative estimate of drug-likeness (QED) is 0.848. The van der Waals surface area contributed by atoms with Crippen LogP contribution in [-0.2, 0) is 11.3 Å². The number of ether oxygens (including phenoxy) is 1. The number of nitrogen functional groups attached to an aromatic ring is 1. The highest BCUT2D eigenvalue weighted by molar-refractivity contribution is 9.10. The summed E-state index contributed by atoms with van der Waals surface area (Å²) in [5.74, 6) is 0.764. The first-order chi connectivity index (χ1) is 8.25. The number of rotatable bonds is 4. The summed E-state index contributed by atoms with van der Waals surface area (Å²) in [7, 11) is 0. The van der Waals surface area contributed by atoms with Gasteiger partial charge in [0.2, 0.25) is 0 Å². The molecule has 0 radical (unpaired) electrons. The van der Waals surface area contributed by atoms with E-state index in [1.807, 2.05) is 18.2 Å². The summed E-state index contributed by atoms with van der Waals surface area (Å²) < 4.78 is 6.80. The summed E-state index contributed by atoms with van der Waals surface area (Å²) >= 11 is 3.41. The lowest BCUT2D eigenvalue weighted by Gasteiger charge is -2.21. The number of benzene rings is 1. The van der Waals surface area contributed by atoms with E-state index in [9.17, 15) is 0 Å². The van der Waals surface area contributed by atoms with Gasteiger partial charge >= 0.3 is 0 Å². The Labute approximate surface area is 112 Å². The molecule has 0 atom stereocenters. The molecule has 3 heteroatoms. The Hall–Kier alpha value is -0.540. The van der Waals surface area contributed by atoms with Gasteiger partial charge in [-0.15, -0.1) is 0 Å². The van der Waals surface area contributed by atoms with Crippen LogP contribution in [0.1, 0.15) is 37.7 Å². The fourth-order valence-electron chi connectivity index (χ4n) is 2.39. The van der Waals surface area contributed by atoms with Gasteiger partial charge in [0.1, 0.15) is 0 Å². The summed E-state index contributed by atoms with van der Waals surface area (Å²) in [4.78, 5) is 0. The van der Waals surface area contributed by atoms with E-state index in [0.29, 0.717) is 6.61 Å². The molecule has 1 saturated carbocycles. The van der Waals surface area contributed by atoms with Crippen molar-refractivity contribution in [1.82, 2.24) is 0 Å². The largest absolute Gasteiger partial charge is 0.398 e. The van der Waals surface area contributed by atoms with E-state index in [0.717, 1.165) is 28.2 Å². The van der Waals surface area contributed by atoms with E-state index >= 15 is 0 Å². The minimum Gasteiger partial charge on any atom is -0.398 e. The van der Waals surface area contributed by atoms with Gasteiger partial charge in [-0.05, 0) is 30.9 Å². The van der Waals surface area contributed by atoms with Crippen LogP contribution >= 0.6 is 15.9 Å². The van der Waals surface area contributed by atoms with Gasteiger partial charge in [-0.3, -0.25) is 0 Å². The summed E-state index contributed by atoms with van der Waals surface area (Å²) in [6.07, 6.45) is 6.80. The Morgan fingerprint density at radius 3 is 2.71 bits per heavy atom. The number of anilines is 1. The van der Waals surface area contributed by atoms with Crippen molar-refractivity contribution in [3.8, 4) is 0 Å². The first-order valence-corrected chi connectivity index (χ1v) is 7.16. The highest BCUT2D eigenvalue weighted by Gasteiger charge is 2.13. The first kappa shape index (κ1) is 12.9. The lowest BCUT2D eigenvalue weighted by Crippen LogP contribution is -2.13. The van der Waals surface area contributed by atoms with Crippen LogP contribution < -0.4 is 5.73 Å². The molecule has 2 nitrogen and oxygen atoms in total. The number of hydrogen-bond acceptors (Lipinski definition) is 2. The Kier molecular flexibility index (Phi) is 4.86. The van der Waals surface area contributed by atoms with E-state index in [-0.39, 0.29) is 0 Å². The molecule has 1 aromatic carbocycles. The predicted octanol–water partition coefficient (Wildman–Crippen LogP) is 4.13. The lowest BCUT2D eigenvalue weighted by molar-refractivity contribution is 0.0742. The van der Waals surface area contributed by atoms with Crippen LogP contribution in [0.2, 0.25) is 0 Å². The van der Waals surface area contributed by atoms with Gasteiger partial charge in [0.05, 0.1) is 6.61 Å². The molecule has 1 fully saturated rings. The van der Waals surface area contributed by atoms with Crippen molar-refractivity contribution in [3.05, 3.63) is 28.2 Å². The Balaban J connectivity index is 1.77. The molecule has 0 aromatic heterocycles. The van der Waals surface area contributed by atoms with Crippen LogP contribution in [0.3, 0.4) is 0 Å². The van der Waals surface area contributed by atoms with Crippen molar-refractivity contribution < 1.29 is 4.74 Å². The van der Waals surface area contributed by atoms with Gasteiger partial charge in [-0.25, -0.2) is 0 Å². The van der Waals surface area contributed by atoms with E-state index in [2.05, 4.69) is 15.9 Å². The summed E-state index contributed by atoms with van der Waals surface area (Å²) in [6, 6.07) is 5.97. The van der Waals surface area contributed by atoms with Gasteiger partial charge in [0.25, 0.3) is 0 Å². The average Bonchev–Trinajstić information content (AvgIpc) is 2.33. The van der Waals surface area contributed by atoms with Crippen molar-refractivity contribution in [2.75, 3.05) is 12.3 Å². The third-order valence-corrected chi connectivity index (χ3v) is 3.94. The summed E-state index contributed by atoms with van der Waals surface area (Å²) in [5, 5.41) is 0. The SMILES string of the molecule is Nc1cc(Br)ccc1COCC1CCCCC1. The topological polar surface area (TPSA) is 35.2 Å². The van der Waals surface area contributed by atoms with E-state index in [1.165, 1.54) is 32.1 Å². The molecular formula is C14H20BrNO. The van der Waals surface area contributed by atoms with E-state index < -0.39 is 0 Å². The highest BCUT2D eigenvalue weighted by atomic mass is 79.9. The van der Waals surface area contributed by atoms with Crippen LogP contribution in [0, 0.1) is 5.92 Å². The molecular weight excluding hydrogens is 278 g/mol. The van der Waals surface area contributed by atoms with Crippen molar-refractivity contribution >= 4 is 21.6 Å². The molecule has 1 aliphatic rings. The van der Waals surface area contributed by atoms with E-state index in [4.69, 9.17) is 10.5 Å². The summed E-state index contributed by atoms with van der Waals surface area (Å²) in [6.45, 7) is 1.52. The number of hydrogen-bond donors (Lipinski definition) is 1. The molecule has 17 heavy (non-hydrogen) atoms. The molecule has 0 saturated heterocycles. The fraction of sp³-hybridized carbons (Fsp3) is 0.571. The highest BCUT2D eigenvalue weighted by Crippen LogP contribution is 2.24. The summed E-state index contributed by atoms with van der Waals surface area (Å²) in [5.41, 5.74) is 7.83. The minimum atomic E-state index is 0.635. The molecule has 2 rings (SSSR count). The maximum absolute atomic E-state index is 5.93. The van der Waals surface area contributed by atoms with Crippen molar-refractivity contribution in [3.63, 3.8) is 0 Å². The van der Waals surface area contributed by atoms with Crippen LogP contribution in [-0.4, -0.2) is 6.61 Å². The third kappa shape index (κ3) is 4.00. The second kappa shape index (κ2) is 6.41. The van der Waals surface area contributed by atoms with Gasteiger partial charge in [0, 0.05) is 22.3 Å². The molecule has 1 aromatic rings. The molecule has 0 unspecified atom stereocenters. The van der Waals surface area contributed by atoms with E-state index in [1.54, 1.807) is 0 Å². The molecule has 2 N–H and O–H groups in total.